The monoisotopic (exact) mass is 276 g/mol. The predicted octanol–water partition coefficient (Wildman–Crippen LogP) is 3.79. The molecular weight excluding hydrogens is 268 g/mol. The Bertz CT molecular complexity index is 710. The van der Waals surface area contributed by atoms with Gasteiger partial charge in [-0.15, -0.1) is 11.3 Å². The van der Waals surface area contributed by atoms with Crippen molar-refractivity contribution >= 4 is 44.8 Å². The second kappa shape index (κ2) is 4.51. The SMILES string of the molecule is Cc1csc(Nc2nccc3ccc(Cl)nc23)n1. The van der Waals surface area contributed by atoms with E-state index in [0.717, 1.165) is 21.7 Å². The van der Waals surface area contributed by atoms with Crippen molar-refractivity contribution in [2.75, 3.05) is 5.32 Å². The molecule has 0 spiro atoms. The van der Waals surface area contributed by atoms with E-state index < -0.39 is 0 Å². The van der Waals surface area contributed by atoms with Crippen molar-refractivity contribution in [3.63, 3.8) is 0 Å². The Morgan fingerprint density at radius 3 is 2.89 bits per heavy atom. The fourth-order valence-electron chi connectivity index (χ4n) is 1.63. The van der Waals surface area contributed by atoms with Crippen LogP contribution in [0.25, 0.3) is 10.9 Å². The Kier molecular flexibility index (Phi) is 2.85. The van der Waals surface area contributed by atoms with Crippen LogP contribution in [-0.4, -0.2) is 15.0 Å². The Morgan fingerprint density at radius 2 is 2.11 bits per heavy atom. The second-order valence-electron chi connectivity index (χ2n) is 3.78. The summed E-state index contributed by atoms with van der Waals surface area (Å²) >= 11 is 7.45. The minimum atomic E-state index is 0.453. The number of aromatic nitrogens is 3. The van der Waals surface area contributed by atoms with E-state index in [2.05, 4.69) is 20.3 Å². The van der Waals surface area contributed by atoms with Gasteiger partial charge in [0, 0.05) is 17.0 Å². The van der Waals surface area contributed by atoms with E-state index in [0.29, 0.717) is 11.0 Å². The highest BCUT2D eigenvalue weighted by molar-refractivity contribution is 7.13. The zero-order valence-corrected chi connectivity index (χ0v) is 11.1. The fourth-order valence-corrected chi connectivity index (χ4v) is 2.46. The normalized spacial score (nSPS) is 10.8. The summed E-state index contributed by atoms with van der Waals surface area (Å²) in [4.78, 5) is 12.9. The molecule has 0 aliphatic carbocycles. The van der Waals surface area contributed by atoms with Crippen LogP contribution in [-0.2, 0) is 0 Å². The molecule has 3 rings (SSSR count). The van der Waals surface area contributed by atoms with Crippen molar-refractivity contribution in [2.24, 2.45) is 0 Å². The maximum atomic E-state index is 5.92. The molecule has 0 saturated carbocycles. The molecule has 0 aliphatic heterocycles. The Hall–Kier alpha value is -1.72. The third kappa shape index (κ3) is 2.14. The number of rotatable bonds is 2. The van der Waals surface area contributed by atoms with E-state index in [1.54, 1.807) is 12.3 Å². The number of anilines is 2. The molecule has 0 radical (unpaired) electrons. The molecule has 90 valence electrons. The minimum absolute atomic E-state index is 0.453. The standard InChI is InChI=1S/C12H9ClN4S/c1-7-6-18-12(15-7)17-11-10-8(4-5-14-11)2-3-9(13)16-10/h2-6H,1H3,(H,14,15,17). The summed E-state index contributed by atoms with van der Waals surface area (Å²) in [6, 6.07) is 5.59. The highest BCUT2D eigenvalue weighted by Crippen LogP contribution is 2.25. The lowest BCUT2D eigenvalue weighted by molar-refractivity contribution is 1.24. The predicted molar refractivity (Wildman–Crippen MR) is 74.7 cm³/mol. The van der Waals surface area contributed by atoms with E-state index in [1.807, 2.05) is 24.4 Å². The van der Waals surface area contributed by atoms with Gasteiger partial charge in [0.05, 0.1) is 5.69 Å². The first-order valence-electron chi connectivity index (χ1n) is 5.33. The van der Waals surface area contributed by atoms with Crippen molar-refractivity contribution in [2.45, 2.75) is 6.92 Å². The lowest BCUT2D eigenvalue weighted by Gasteiger charge is -2.05. The topological polar surface area (TPSA) is 50.7 Å². The molecule has 3 aromatic heterocycles. The average Bonchev–Trinajstić information content (AvgIpc) is 2.76. The van der Waals surface area contributed by atoms with Crippen molar-refractivity contribution < 1.29 is 0 Å². The molecule has 0 fully saturated rings. The van der Waals surface area contributed by atoms with Crippen LogP contribution in [0.15, 0.2) is 29.8 Å². The van der Waals surface area contributed by atoms with E-state index in [4.69, 9.17) is 11.6 Å². The van der Waals surface area contributed by atoms with Gasteiger partial charge in [-0.1, -0.05) is 11.6 Å². The first-order chi connectivity index (χ1) is 8.72. The Balaban J connectivity index is 2.08. The van der Waals surface area contributed by atoms with Gasteiger partial charge < -0.3 is 5.32 Å². The lowest BCUT2D eigenvalue weighted by Crippen LogP contribution is -1.95. The number of nitrogens with one attached hydrogen (secondary N) is 1. The zero-order valence-electron chi connectivity index (χ0n) is 9.51. The highest BCUT2D eigenvalue weighted by atomic mass is 35.5. The first kappa shape index (κ1) is 11.4. The molecule has 3 heterocycles. The largest absolute Gasteiger partial charge is 0.314 e. The fraction of sp³-hybridized carbons (Fsp3) is 0.0833. The maximum Gasteiger partial charge on any atom is 0.188 e. The number of pyridine rings is 2. The third-order valence-corrected chi connectivity index (χ3v) is 3.50. The summed E-state index contributed by atoms with van der Waals surface area (Å²) in [5.41, 5.74) is 1.73. The van der Waals surface area contributed by atoms with E-state index >= 15 is 0 Å². The maximum absolute atomic E-state index is 5.92. The van der Waals surface area contributed by atoms with Crippen LogP contribution in [0.1, 0.15) is 5.69 Å². The number of thiazole rings is 1. The number of hydrogen-bond acceptors (Lipinski definition) is 5. The van der Waals surface area contributed by atoms with Crippen LogP contribution in [0.3, 0.4) is 0 Å². The van der Waals surface area contributed by atoms with Crippen LogP contribution >= 0.6 is 22.9 Å². The summed E-state index contributed by atoms with van der Waals surface area (Å²) in [5, 5.41) is 7.39. The summed E-state index contributed by atoms with van der Waals surface area (Å²) in [5.74, 6) is 0.671. The average molecular weight is 277 g/mol. The van der Waals surface area contributed by atoms with Gasteiger partial charge in [0.25, 0.3) is 0 Å². The van der Waals surface area contributed by atoms with Crippen LogP contribution in [0, 0.1) is 6.92 Å². The number of halogens is 1. The molecule has 0 aliphatic rings. The number of hydrogen-bond donors (Lipinski definition) is 1. The molecule has 6 heteroatoms. The van der Waals surface area contributed by atoms with Crippen LogP contribution < -0.4 is 5.32 Å². The molecule has 0 unspecified atom stereocenters. The summed E-state index contributed by atoms with van der Waals surface area (Å²) < 4.78 is 0. The molecule has 18 heavy (non-hydrogen) atoms. The Morgan fingerprint density at radius 1 is 1.22 bits per heavy atom. The number of aryl methyl sites for hydroxylation is 1. The Labute approximate surface area is 113 Å². The second-order valence-corrected chi connectivity index (χ2v) is 5.03. The molecule has 3 aromatic rings. The van der Waals surface area contributed by atoms with Gasteiger partial charge in [0.2, 0.25) is 0 Å². The van der Waals surface area contributed by atoms with Crippen LogP contribution in [0.2, 0.25) is 5.15 Å². The van der Waals surface area contributed by atoms with Crippen LogP contribution in [0.5, 0.6) is 0 Å². The van der Waals surface area contributed by atoms with E-state index in [9.17, 15) is 0 Å². The highest BCUT2D eigenvalue weighted by Gasteiger charge is 2.06. The summed E-state index contributed by atoms with van der Waals surface area (Å²) in [7, 11) is 0. The zero-order chi connectivity index (χ0) is 12.5. The molecular formula is C12H9ClN4S. The molecule has 0 saturated heterocycles. The van der Waals surface area contributed by atoms with Crippen molar-refractivity contribution in [3.8, 4) is 0 Å². The van der Waals surface area contributed by atoms with Crippen molar-refractivity contribution in [3.05, 3.63) is 40.6 Å². The minimum Gasteiger partial charge on any atom is -0.314 e. The summed E-state index contributed by atoms with van der Waals surface area (Å²) in [6.45, 7) is 1.95. The number of fused-ring (bicyclic) bond motifs is 1. The van der Waals surface area contributed by atoms with Gasteiger partial charge in [0.15, 0.2) is 10.9 Å². The first-order valence-corrected chi connectivity index (χ1v) is 6.58. The quantitative estimate of drug-likeness (QED) is 0.724. The molecule has 0 atom stereocenters. The van der Waals surface area contributed by atoms with E-state index in [1.165, 1.54) is 11.3 Å². The van der Waals surface area contributed by atoms with Gasteiger partial charge in [-0.05, 0) is 25.1 Å². The van der Waals surface area contributed by atoms with Gasteiger partial charge in [-0.2, -0.15) is 0 Å². The third-order valence-electron chi connectivity index (χ3n) is 2.42. The van der Waals surface area contributed by atoms with Crippen molar-refractivity contribution in [1.82, 2.24) is 15.0 Å². The lowest BCUT2D eigenvalue weighted by atomic mass is 10.2. The van der Waals surface area contributed by atoms with Gasteiger partial charge in [0.1, 0.15) is 10.7 Å². The van der Waals surface area contributed by atoms with Gasteiger partial charge in [-0.3, -0.25) is 0 Å². The van der Waals surface area contributed by atoms with Gasteiger partial charge in [-0.25, -0.2) is 15.0 Å². The smallest absolute Gasteiger partial charge is 0.188 e. The summed E-state index contributed by atoms with van der Waals surface area (Å²) in [6.07, 6.45) is 1.74. The van der Waals surface area contributed by atoms with Gasteiger partial charge >= 0.3 is 0 Å². The molecule has 4 nitrogen and oxygen atoms in total. The molecule has 0 aromatic carbocycles. The molecule has 0 amide bonds. The van der Waals surface area contributed by atoms with E-state index in [-0.39, 0.29) is 0 Å². The van der Waals surface area contributed by atoms with Crippen molar-refractivity contribution in [1.29, 1.82) is 0 Å². The van der Waals surface area contributed by atoms with Crippen LogP contribution in [0.4, 0.5) is 10.9 Å². The number of nitrogens with zero attached hydrogens (tertiary/aromatic N) is 3. The molecule has 1 N–H and O–H groups in total. The molecule has 0 bridgehead atoms.